The minimum Gasteiger partial charge on any atom is -0.306 e. The van der Waals surface area contributed by atoms with Gasteiger partial charge in [0.2, 0.25) is 0 Å². The Kier molecular flexibility index (Phi) is 4.07. The zero-order valence-corrected chi connectivity index (χ0v) is 15.5. The smallest absolute Gasteiger partial charge is 0.255 e. The van der Waals surface area contributed by atoms with Gasteiger partial charge in [0, 0.05) is 53.6 Å². The van der Waals surface area contributed by atoms with E-state index in [0.29, 0.717) is 12.4 Å². The summed E-state index contributed by atoms with van der Waals surface area (Å²) in [6.07, 6.45) is 4.21. The van der Waals surface area contributed by atoms with E-state index in [1.165, 1.54) is 15.0 Å². The van der Waals surface area contributed by atoms with Gasteiger partial charge in [0.05, 0.1) is 11.3 Å². The number of H-pyrrole nitrogens is 1. The van der Waals surface area contributed by atoms with Crippen molar-refractivity contribution in [2.24, 2.45) is 0 Å². The molecule has 6 heteroatoms. The molecule has 134 valence electrons. The average molecular weight is 374 g/mol. The first-order chi connectivity index (χ1) is 13.3. The van der Waals surface area contributed by atoms with Crippen molar-refractivity contribution in [3.8, 4) is 11.4 Å². The van der Waals surface area contributed by atoms with Crippen LogP contribution in [-0.4, -0.2) is 26.4 Å². The van der Waals surface area contributed by atoms with E-state index < -0.39 is 0 Å². The summed E-state index contributed by atoms with van der Waals surface area (Å²) in [5.41, 5.74) is 2.56. The molecular formula is C21H18N4OS. The lowest BCUT2D eigenvalue weighted by Gasteiger charge is -2.27. The van der Waals surface area contributed by atoms with Crippen molar-refractivity contribution < 1.29 is 0 Å². The number of nitrogens with zero attached hydrogens (tertiary/aromatic N) is 3. The number of pyridine rings is 1. The molecule has 27 heavy (non-hydrogen) atoms. The summed E-state index contributed by atoms with van der Waals surface area (Å²) >= 11 is 1.83. The van der Waals surface area contributed by atoms with Crippen molar-refractivity contribution in [1.82, 2.24) is 19.9 Å². The number of fused-ring (bicyclic) bond motifs is 2. The van der Waals surface area contributed by atoms with Gasteiger partial charge in [0.25, 0.3) is 5.56 Å². The third kappa shape index (κ3) is 3.18. The highest BCUT2D eigenvalue weighted by Crippen LogP contribution is 2.27. The normalized spacial score (nSPS) is 14.4. The Morgan fingerprint density at radius 1 is 1.15 bits per heavy atom. The zero-order valence-electron chi connectivity index (χ0n) is 14.7. The lowest BCUT2D eigenvalue weighted by Crippen LogP contribution is -2.35. The van der Waals surface area contributed by atoms with Crippen LogP contribution in [0.15, 0.2) is 59.7 Å². The molecule has 5 rings (SSSR count). The molecule has 5 nitrogen and oxygen atoms in total. The summed E-state index contributed by atoms with van der Waals surface area (Å²) in [4.78, 5) is 28.0. The molecule has 0 unspecified atom stereocenters. The number of thiophene rings is 1. The van der Waals surface area contributed by atoms with E-state index in [1.54, 1.807) is 12.4 Å². The van der Waals surface area contributed by atoms with Crippen LogP contribution in [0, 0.1) is 0 Å². The van der Waals surface area contributed by atoms with E-state index in [4.69, 9.17) is 4.98 Å². The van der Waals surface area contributed by atoms with E-state index >= 15 is 0 Å². The summed E-state index contributed by atoms with van der Waals surface area (Å²) in [6, 6.07) is 14.4. The maximum Gasteiger partial charge on any atom is 0.255 e. The number of nitrogens with one attached hydrogen (secondary N) is 1. The lowest BCUT2D eigenvalue weighted by atomic mass is 10.1. The molecule has 0 amide bonds. The molecule has 1 N–H and O–H groups in total. The molecule has 0 bridgehead atoms. The molecular weight excluding hydrogens is 356 g/mol. The summed E-state index contributed by atoms with van der Waals surface area (Å²) in [5, 5.41) is 1.29. The van der Waals surface area contributed by atoms with Gasteiger partial charge in [0.15, 0.2) is 0 Å². The predicted octanol–water partition coefficient (Wildman–Crippen LogP) is 3.60. The van der Waals surface area contributed by atoms with Gasteiger partial charge in [-0.3, -0.25) is 14.7 Å². The first-order valence-electron chi connectivity index (χ1n) is 8.98. The third-order valence-electron chi connectivity index (χ3n) is 4.96. The zero-order chi connectivity index (χ0) is 18.2. The fourth-order valence-corrected chi connectivity index (χ4v) is 4.70. The number of hydrogen-bond acceptors (Lipinski definition) is 5. The fourth-order valence-electron chi connectivity index (χ4n) is 3.60. The first-order valence-corrected chi connectivity index (χ1v) is 9.80. The molecule has 4 heterocycles. The highest BCUT2D eigenvalue weighted by molar-refractivity contribution is 7.19. The number of benzene rings is 1. The second kappa shape index (κ2) is 6.72. The monoisotopic (exact) mass is 374 g/mol. The minimum absolute atomic E-state index is 0.0344. The van der Waals surface area contributed by atoms with E-state index in [2.05, 4.69) is 45.2 Å². The van der Waals surface area contributed by atoms with E-state index in [9.17, 15) is 4.79 Å². The topological polar surface area (TPSA) is 61.9 Å². The summed E-state index contributed by atoms with van der Waals surface area (Å²) in [7, 11) is 0. The molecule has 1 aromatic carbocycles. The van der Waals surface area contributed by atoms with Crippen LogP contribution in [0.3, 0.4) is 0 Å². The molecule has 1 aliphatic rings. The fraction of sp³-hybridized carbons (Fsp3) is 0.190. The van der Waals surface area contributed by atoms with Crippen molar-refractivity contribution >= 4 is 21.4 Å². The van der Waals surface area contributed by atoms with Gasteiger partial charge in [-0.15, -0.1) is 11.3 Å². The van der Waals surface area contributed by atoms with E-state index in [-0.39, 0.29) is 5.56 Å². The summed E-state index contributed by atoms with van der Waals surface area (Å²) < 4.78 is 1.31. The molecule has 3 aromatic heterocycles. The Morgan fingerprint density at radius 2 is 2.00 bits per heavy atom. The van der Waals surface area contributed by atoms with Crippen LogP contribution in [0.25, 0.3) is 21.5 Å². The van der Waals surface area contributed by atoms with Crippen LogP contribution < -0.4 is 5.56 Å². The van der Waals surface area contributed by atoms with Crippen molar-refractivity contribution in [3.63, 3.8) is 0 Å². The molecule has 0 atom stereocenters. The van der Waals surface area contributed by atoms with E-state index in [1.807, 2.05) is 23.5 Å². The van der Waals surface area contributed by atoms with Gasteiger partial charge in [-0.2, -0.15) is 0 Å². The second-order valence-corrected chi connectivity index (χ2v) is 7.96. The highest BCUT2D eigenvalue weighted by Gasteiger charge is 2.22. The molecule has 4 aromatic rings. The first kappa shape index (κ1) is 16.4. The minimum atomic E-state index is -0.0344. The molecule has 0 fully saturated rings. The highest BCUT2D eigenvalue weighted by atomic mass is 32.1. The largest absolute Gasteiger partial charge is 0.306 e. The number of aromatic amines is 1. The Morgan fingerprint density at radius 3 is 2.85 bits per heavy atom. The van der Waals surface area contributed by atoms with Crippen LogP contribution >= 0.6 is 11.3 Å². The van der Waals surface area contributed by atoms with Crippen LogP contribution in [0.2, 0.25) is 0 Å². The lowest BCUT2D eigenvalue weighted by molar-refractivity contribution is 0.244. The van der Waals surface area contributed by atoms with Crippen molar-refractivity contribution in [2.75, 3.05) is 6.54 Å². The summed E-state index contributed by atoms with van der Waals surface area (Å²) in [6.45, 7) is 2.42. The van der Waals surface area contributed by atoms with Gasteiger partial charge in [0.1, 0.15) is 5.82 Å². The average Bonchev–Trinajstić information content (AvgIpc) is 3.11. The van der Waals surface area contributed by atoms with Gasteiger partial charge >= 0.3 is 0 Å². The van der Waals surface area contributed by atoms with E-state index in [0.717, 1.165) is 36.3 Å². The SMILES string of the molecule is O=c1[nH]c(-c2ccncc2)nc2c1CN(Cc1cc3ccccc3s1)CC2. The Bertz CT molecular complexity index is 1130. The van der Waals surface area contributed by atoms with Gasteiger partial charge in [-0.1, -0.05) is 18.2 Å². The molecule has 0 saturated carbocycles. The maximum atomic E-state index is 12.7. The van der Waals surface area contributed by atoms with Crippen molar-refractivity contribution in [3.05, 3.63) is 81.3 Å². The van der Waals surface area contributed by atoms with Gasteiger partial charge < -0.3 is 4.98 Å². The van der Waals surface area contributed by atoms with Crippen LogP contribution in [0.5, 0.6) is 0 Å². The molecule has 0 radical (unpaired) electrons. The Balaban J connectivity index is 1.40. The third-order valence-corrected chi connectivity index (χ3v) is 6.06. The quantitative estimate of drug-likeness (QED) is 0.595. The number of hydrogen-bond donors (Lipinski definition) is 1. The molecule has 0 spiro atoms. The van der Waals surface area contributed by atoms with Crippen LogP contribution in [0.4, 0.5) is 0 Å². The van der Waals surface area contributed by atoms with Crippen molar-refractivity contribution in [2.45, 2.75) is 19.5 Å². The van der Waals surface area contributed by atoms with Gasteiger partial charge in [-0.25, -0.2) is 4.98 Å². The van der Waals surface area contributed by atoms with Crippen LogP contribution in [0.1, 0.15) is 16.1 Å². The maximum absolute atomic E-state index is 12.7. The second-order valence-electron chi connectivity index (χ2n) is 6.79. The molecule has 1 aliphatic heterocycles. The Labute approximate surface area is 160 Å². The standard InChI is InChI=1S/C21H18N4OS/c26-21-17-13-25(12-16-11-15-3-1-2-4-19(15)27-16)10-7-18(17)23-20(24-21)14-5-8-22-9-6-14/h1-6,8-9,11H,7,10,12-13H2,(H,23,24,26). The number of aromatic nitrogens is 3. The van der Waals surface area contributed by atoms with Crippen molar-refractivity contribution in [1.29, 1.82) is 0 Å². The number of rotatable bonds is 3. The summed E-state index contributed by atoms with van der Waals surface area (Å²) in [5.74, 6) is 0.624. The molecule has 0 aliphatic carbocycles. The van der Waals surface area contributed by atoms with Gasteiger partial charge in [-0.05, 0) is 29.7 Å². The van der Waals surface area contributed by atoms with Crippen LogP contribution in [-0.2, 0) is 19.5 Å². The Hall–Kier alpha value is -2.83. The molecule has 0 saturated heterocycles. The predicted molar refractivity (Wildman–Crippen MR) is 108 cm³/mol.